The van der Waals surface area contributed by atoms with Crippen LogP contribution in [0.5, 0.6) is 11.5 Å². The van der Waals surface area contributed by atoms with Gasteiger partial charge in [-0.25, -0.2) is 0 Å². The molecular formula is C14H15N3O3. The van der Waals surface area contributed by atoms with E-state index in [0.29, 0.717) is 24.6 Å². The number of aromatic nitrogens is 2. The van der Waals surface area contributed by atoms with Gasteiger partial charge in [0, 0.05) is 13.2 Å². The lowest BCUT2D eigenvalue weighted by molar-refractivity contribution is 0.0784. The first kappa shape index (κ1) is 12.5. The zero-order chi connectivity index (χ0) is 13.9. The minimum absolute atomic E-state index is 0.174. The van der Waals surface area contributed by atoms with Crippen LogP contribution in [0.25, 0.3) is 0 Å². The van der Waals surface area contributed by atoms with Gasteiger partial charge in [-0.05, 0) is 18.2 Å². The van der Waals surface area contributed by atoms with Crippen molar-refractivity contribution in [3.63, 3.8) is 0 Å². The summed E-state index contributed by atoms with van der Waals surface area (Å²) in [6, 6.07) is 9.17. The van der Waals surface area contributed by atoms with Crippen molar-refractivity contribution in [3.8, 4) is 11.5 Å². The van der Waals surface area contributed by atoms with Crippen molar-refractivity contribution >= 4 is 5.91 Å². The minimum Gasteiger partial charge on any atom is -0.486 e. The summed E-state index contributed by atoms with van der Waals surface area (Å²) >= 11 is 0. The van der Waals surface area contributed by atoms with Gasteiger partial charge in [-0.2, -0.15) is 5.10 Å². The topological polar surface area (TPSA) is 65.4 Å². The fourth-order valence-corrected chi connectivity index (χ4v) is 2.06. The number of para-hydroxylation sites is 2. The molecule has 1 aliphatic rings. The molecule has 1 amide bonds. The number of hydrogen-bond donors (Lipinski definition) is 1. The van der Waals surface area contributed by atoms with Gasteiger partial charge in [0.05, 0.1) is 6.54 Å². The number of ether oxygens (including phenoxy) is 2. The molecule has 1 aromatic heterocycles. The predicted octanol–water partition coefficient (Wildman–Crippen LogP) is 0.990. The fourth-order valence-electron chi connectivity index (χ4n) is 2.06. The second-order valence-electron chi connectivity index (χ2n) is 4.55. The Labute approximate surface area is 116 Å². The van der Waals surface area contributed by atoms with Crippen molar-refractivity contribution in [2.24, 2.45) is 7.05 Å². The summed E-state index contributed by atoms with van der Waals surface area (Å²) in [7, 11) is 1.73. The van der Waals surface area contributed by atoms with E-state index in [-0.39, 0.29) is 12.0 Å². The summed E-state index contributed by atoms with van der Waals surface area (Å²) in [5, 5.41) is 6.78. The van der Waals surface area contributed by atoms with E-state index in [0.717, 1.165) is 5.75 Å². The summed E-state index contributed by atoms with van der Waals surface area (Å²) in [5.41, 5.74) is 0.516. The van der Waals surface area contributed by atoms with Crippen LogP contribution in [0.15, 0.2) is 36.5 Å². The molecule has 6 heteroatoms. The van der Waals surface area contributed by atoms with Crippen molar-refractivity contribution in [2.75, 3.05) is 13.2 Å². The van der Waals surface area contributed by atoms with Gasteiger partial charge in [0.25, 0.3) is 5.91 Å². The van der Waals surface area contributed by atoms with Crippen LogP contribution < -0.4 is 14.8 Å². The van der Waals surface area contributed by atoms with E-state index < -0.39 is 0 Å². The number of nitrogens with one attached hydrogen (secondary N) is 1. The Balaban J connectivity index is 1.58. The number of carbonyl (C=O) groups excluding carboxylic acids is 1. The van der Waals surface area contributed by atoms with Gasteiger partial charge in [-0.1, -0.05) is 12.1 Å². The molecule has 3 rings (SSSR count). The first-order valence-electron chi connectivity index (χ1n) is 6.39. The molecule has 1 aromatic carbocycles. The minimum atomic E-state index is -0.193. The fraction of sp³-hybridized carbons (Fsp3) is 0.286. The molecule has 1 unspecified atom stereocenters. The van der Waals surface area contributed by atoms with Gasteiger partial charge in [0.15, 0.2) is 11.5 Å². The molecule has 0 aliphatic carbocycles. The van der Waals surface area contributed by atoms with Gasteiger partial charge in [-0.3, -0.25) is 9.48 Å². The van der Waals surface area contributed by atoms with Crippen LogP contribution in [-0.4, -0.2) is 34.9 Å². The smallest absolute Gasteiger partial charge is 0.269 e. The van der Waals surface area contributed by atoms with Crippen molar-refractivity contribution in [2.45, 2.75) is 6.10 Å². The summed E-state index contributed by atoms with van der Waals surface area (Å²) in [5.74, 6) is 1.27. The van der Waals surface area contributed by atoms with E-state index in [4.69, 9.17) is 9.47 Å². The average Bonchev–Trinajstić information content (AvgIpc) is 2.91. The third-order valence-electron chi connectivity index (χ3n) is 3.11. The summed E-state index contributed by atoms with van der Waals surface area (Å²) in [4.78, 5) is 11.9. The SMILES string of the molecule is Cn1nccc1C(=O)NCC1COc2ccccc2O1. The Morgan fingerprint density at radius 3 is 2.95 bits per heavy atom. The summed E-state index contributed by atoms with van der Waals surface area (Å²) in [6.45, 7) is 0.807. The van der Waals surface area contributed by atoms with E-state index >= 15 is 0 Å². The average molecular weight is 273 g/mol. The number of amides is 1. The monoisotopic (exact) mass is 273 g/mol. The number of benzene rings is 1. The van der Waals surface area contributed by atoms with Crippen molar-refractivity contribution in [3.05, 3.63) is 42.2 Å². The number of carbonyl (C=O) groups is 1. The summed E-state index contributed by atoms with van der Waals surface area (Å²) < 4.78 is 12.9. The highest BCUT2D eigenvalue weighted by atomic mass is 16.6. The second-order valence-corrected chi connectivity index (χ2v) is 4.55. The van der Waals surface area contributed by atoms with Gasteiger partial charge < -0.3 is 14.8 Å². The number of aryl methyl sites for hydroxylation is 1. The zero-order valence-corrected chi connectivity index (χ0v) is 11.1. The molecule has 0 radical (unpaired) electrons. The molecule has 104 valence electrons. The van der Waals surface area contributed by atoms with Crippen LogP contribution in [-0.2, 0) is 7.05 Å². The molecule has 2 aromatic rings. The molecule has 2 heterocycles. The largest absolute Gasteiger partial charge is 0.486 e. The van der Waals surface area contributed by atoms with E-state index in [1.807, 2.05) is 24.3 Å². The van der Waals surface area contributed by atoms with Crippen molar-refractivity contribution < 1.29 is 14.3 Å². The predicted molar refractivity (Wildman–Crippen MR) is 71.9 cm³/mol. The van der Waals surface area contributed by atoms with Crippen LogP contribution in [0.2, 0.25) is 0 Å². The lowest BCUT2D eigenvalue weighted by Crippen LogP contribution is -2.41. The number of hydrogen-bond acceptors (Lipinski definition) is 4. The first-order valence-corrected chi connectivity index (χ1v) is 6.39. The molecule has 1 atom stereocenters. The van der Waals surface area contributed by atoms with Gasteiger partial charge in [-0.15, -0.1) is 0 Å². The molecular weight excluding hydrogens is 258 g/mol. The molecule has 0 fully saturated rings. The van der Waals surface area contributed by atoms with Crippen LogP contribution in [0.3, 0.4) is 0 Å². The maximum atomic E-state index is 11.9. The van der Waals surface area contributed by atoms with Crippen molar-refractivity contribution in [1.82, 2.24) is 15.1 Å². The van der Waals surface area contributed by atoms with E-state index in [2.05, 4.69) is 10.4 Å². The van der Waals surface area contributed by atoms with Gasteiger partial charge in [0.2, 0.25) is 0 Å². The third-order valence-corrected chi connectivity index (χ3v) is 3.11. The van der Waals surface area contributed by atoms with E-state index in [1.54, 1.807) is 19.3 Å². The highest BCUT2D eigenvalue weighted by molar-refractivity contribution is 5.92. The Kier molecular flexibility index (Phi) is 3.28. The molecule has 0 saturated carbocycles. The van der Waals surface area contributed by atoms with Gasteiger partial charge in [0.1, 0.15) is 18.4 Å². The third kappa shape index (κ3) is 2.45. The maximum Gasteiger partial charge on any atom is 0.269 e. The van der Waals surface area contributed by atoms with Crippen LogP contribution in [0, 0.1) is 0 Å². The Bertz CT molecular complexity index is 624. The number of rotatable bonds is 3. The maximum absolute atomic E-state index is 11.9. The quantitative estimate of drug-likeness (QED) is 0.905. The normalized spacial score (nSPS) is 16.8. The highest BCUT2D eigenvalue weighted by Crippen LogP contribution is 2.30. The summed E-state index contributed by atoms with van der Waals surface area (Å²) in [6.07, 6.45) is 1.40. The van der Waals surface area contributed by atoms with Crippen LogP contribution in [0.4, 0.5) is 0 Å². The van der Waals surface area contributed by atoms with Crippen LogP contribution >= 0.6 is 0 Å². The van der Waals surface area contributed by atoms with E-state index in [9.17, 15) is 4.79 Å². The zero-order valence-electron chi connectivity index (χ0n) is 11.1. The lowest BCUT2D eigenvalue weighted by atomic mass is 10.2. The van der Waals surface area contributed by atoms with Gasteiger partial charge >= 0.3 is 0 Å². The van der Waals surface area contributed by atoms with Crippen LogP contribution in [0.1, 0.15) is 10.5 Å². The molecule has 0 bridgehead atoms. The second kappa shape index (κ2) is 5.24. The molecule has 20 heavy (non-hydrogen) atoms. The molecule has 0 spiro atoms. The standard InChI is InChI=1S/C14H15N3O3/c1-17-11(6-7-16-17)14(18)15-8-10-9-19-12-4-2-3-5-13(12)20-10/h2-7,10H,8-9H2,1H3,(H,15,18). The number of fused-ring (bicyclic) bond motifs is 1. The lowest BCUT2D eigenvalue weighted by Gasteiger charge is -2.26. The van der Waals surface area contributed by atoms with Crippen molar-refractivity contribution in [1.29, 1.82) is 0 Å². The van der Waals surface area contributed by atoms with E-state index in [1.165, 1.54) is 4.68 Å². The molecule has 6 nitrogen and oxygen atoms in total. The Morgan fingerprint density at radius 1 is 1.40 bits per heavy atom. The highest BCUT2D eigenvalue weighted by Gasteiger charge is 2.21. The Morgan fingerprint density at radius 2 is 2.20 bits per heavy atom. The Hall–Kier alpha value is -2.50. The molecule has 0 saturated heterocycles. The molecule has 1 aliphatic heterocycles. The number of nitrogens with zero attached hydrogens (tertiary/aromatic N) is 2. The molecule has 1 N–H and O–H groups in total. The first-order chi connectivity index (χ1) is 9.74.